The van der Waals surface area contributed by atoms with Gasteiger partial charge >= 0.3 is 12.0 Å². The maximum absolute atomic E-state index is 12.7. The van der Waals surface area contributed by atoms with Crippen molar-refractivity contribution in [1.82, 2.24) is 10.6 Å². The first kappa shape index (κ1) is 20.1. The Hall–Kier alpha value is -3.68. The van der Waals surface area contributed by atoms with Crippen molar-refractivity contribution in [1.29, 1.82) is 0 Å². The minimum atomic E-state index is -0.742. The second-order valence-corrected chi connectivity index (χ2v) is 6.15. The highest BCUT2D eigenvalue weighted by molar-refractivity contribution is 6.04. The van der Waals surface area contributed by atoms with Gasteiger partial charge in [-0.15, -0.1) is 0 Å². The first-order valence-electron chi connectivity index (χ1n) is 8.78. The van der Waals surface area contributed by atoms with Crippen LogP contribution in [0.3, 0.4) is 0 Å². The molecule has 0 radical (unpaired) electrons. The molecule has 0 spiro atoms. The SMILES string of the molecule is COC(=O)C1=C(c2ccc(OC)cc2)NC(=O)NC1c1ccc(OC)c(OC)c1. The summed E-state index contributed by atoms with van der Waals surface area (Å²) in [6.45, 7) is 0. The van der Waals surface area contributed by atoms with Gasteiger partial charge in [0.1, 0.15) is 5.75 Å². The number of methoxy groups -OCH3 is 4. The highest BCUT2D eigenvalue weighted by Gasteiger charge is 2.34. The van der Waals surface area contributed by atoms with Crippen molar-refractivity contribution in [3.8, 4) is 17.2 Å². The number of benzene rings is 2. The van der Waals surface area contributed by atoms with Crippen LogP contribution >= 0.6 is 0 Å². The van der Waals surface area contributed by atoms with E-state index < -0.39 is 18.0 Å². The van der Waals surface area contributed by atoms with Gasteiger partial charge in [0.25, 0.3) is 0 Å². The molecule has 152 valence electrons. The van der Waals surface area contributed by atoms with Gasteiger partial charge in [-0.1, -0.05) is 6.07 Å². The van der Waals surface area contributed by atoms with Gasteiger partial charge in [-0.3, -0.25) is 0 Å². The molecule has 0 saturated heterocycles. The monoisotopic (exact) mass is 398 g/mol. The first-order chi connectivity index (χ1) is 14.0. The fraction of sp³-hybridized carbons (Fsp3) is 0.238. The number of urea groups is 1. The van der Waals surface area contributed by atoms with Crippen LogP contribution in [0.5, 0.6) is 17.2 Å². The normalized spacial score (nSPS) is 15.9. The molecule has 0 aromatic heterocycles. The van der Waals surface area contributed by atoms with Gasteiger partial charge in [0, 0.05) is 0 Å². The lowest BCUT2D eigenvalue weighted by molar-refractivity contribution is -0.136. The van der Waals surface area contributed by atoms with Crippen LogP contribution in [-0.4, -0.2) is 40.4 Å². The molecule has 0 fully saturated rings. The van der Waals surface area contributed by atoms with E-state index in [2.05, 4.69) is 10.6 Å². The molecule has 1 atom stereocenters. The molecule has 1 aliphatic rings. The lowest BCUT2D eigenvalue weighted by atomic mass is 9.92. The van der Waals surface area contributed by atoms with Gasteiger partial charge in [0.05, 0.1) is 45.8 Å². The zero-order valence-electron chi connectivity index (χ0n) is 16.6. The third-order valence-electron chi connectivity index (χ3n) is 4.60. The minimum absolute atomic E-state index is 0.268. The van der Waals surface area contributed by atoms with E-state index in [1.54, 1.807) is 49.6 Å². The van der Waals surface area contributed by atoms with Crippen molar-refractivity contribution in [2.75, 3.05) is 28.4 Å². The van der Waals surface area contributed by atoms with Gasteiger partial charge in [0.15, 0.2) is 11.5 Å². The Morgan fingerprint density at radius 1 is 0.897 bits per heavy atom. The second-order valence-electron chi connectivity index (χ2n) is 6.15. The third-order valence-corrected chi connectivity index (χ3v) is 4.60. The summed E-state index contributed by atoms with van der Waals surface area (Å²) in [4.78, 5) is 25.1. The lowest BCUT2D eigenvalue weighted by Crippen LogP contribution is -2.45. The second kappa shape index (κ2) is 8.55. The molecular weight excluding hydrogens is 376 g/mol. The quantitative estimate of drug-likeness (QED) is 0.727. The Bertz CT molecular complexity index is 952. The molecule has 0 saturated carbocycles. The van der Waals surface area contributed by atoms with Gasteiger partial charge in [-0.2, -0.15) is 0 Å². The van der Waals surface area contributed by atoms with Crippen molar-refractivity contribution >= 4 is 17.7 Å². The fourth-order valence-corrected chi connectivity index (χ4v) is 3.16. The van der Waals surface area contributed by atoms with Crippen molar-refractivity contribution in [3.05, 3.63) is 59.2 Å². The molecule has 2 amide bonds. The van der Waals surface area contributed by atoms with Gasteiger partial charge in [-0.05, 0) is 47.5 Å². The van der Waals surface area contributed by atoms with Gasteiger partial charge in [-0.25, -0.2) is 9.59 Å². The molecule has 0 aliphatic carbocycles. The van der Waals surface area contributed by atoms with E-state index >= 15 is 0 Å². The van der Waals surface area contributed by atoms with E-state index in [4.69, 9.17) is 18.9 Å². The Kier molecular flexibility index (Phi) is 5.92. The number of hydrogen-bond acceptors (Lipinski definition) is 6. The summed E-state index contributed by atoms with van der Waals surface area (Å²) in [7, 11) is 5.91. The lowest BCUT2D eigenvalue weighted by Gasteiger charge is -2.29. The predicted molar refractivity (Wildman–Crippen MR) is 106 cm³/mol. The van der Waals surface area contributed by atoms with Crippen molar-refractivity contribution in [2.45, 2.75) is 6.04 Å². The summed E-state index contributed by atoms with van der Waals surface area (Å²) >= 11 is 0. The number of nitrogens with one attached hydrogen (secondary N) is 2. The van der Waals surface area contributed by atoms with Crippen LogP contribution in [-0.2, 0) is 9.53 Å². The average molecular weight is 398 g/mol. The summed E-state index contributed by atoms with van der Waals surface area (Å²) in [6, 6.07) is 11.0. The highest BCUT2D eigenvalue weighted by atomic mass is 16.5. The van der Waals surface area contributed by atoms with E-state index in [1.165, 1.54) is 21.3 Å². The molecule has 1 heterocycles. The molecule has 0 bridgehead atoms. The van der Waals surface area contributed by atoms with Crippen LogP contribution in [0.1, 0.15) is 17.2 Å². The standard InChI is InChI=1S/C21H22N2O6/c1-26-14-8-5-12(6-9-14)18-17(20(24)29-4)19(23-21(25)22-18)13-7-10-15(27-2)16(11-13)28-3/h5-11,19H,1-4H3,(H2,22,23,25). The third kappa shape index (κ3) is 3.96. The number of hydrogen-bond donors (Lipinski definition) is 2. The molecule has 3 rings (SSSR count). The Morgan fingerprint density at radius 3 is 2.17 bits per heavy atom. The summed E-state index contributed by atoms with van der Waals surface area (Å²) in [5.41, 5.74) is 1.92. The maximum atomic E-state index is 12.7. The van der Waals surface area contributed by atoms with E-state index in [0.29, 0.717) is 34.1 Å². The predicted octanol–water partition coefficient (Wildman–Crippen LogP) is 2.65. The summed E-state index contributed by atoms with van der Waals surface area (Å²) in [6.07, 6.45) is 0. The van der Waals surface area contributed by atoms with Gasteiger partial charge in [0.2, 0.25) is 0 Å². The number of carbonyl (C=O) groups excluding carboxylic acids is 2. The molecule has 2 aromatic rings. The first-order valence-corrected chi connectivity index (χ1v) is 8.78. The zero-order valence-corrected chi connectivity index (χ0v) is 16.6. The number of carbonyl (C=O) groups is 2. The molecule has 2 N–H and O–H groups in total. The summed E-state index contributed by atoms with van der Waals surface area (Å²) in [5.74, 6) is 1.11. The molecule has 29 heavy (non-hydrogen) atoms. The van der Waals surface area contributed by atoms with E-state index in [1.807, 2.05) is 0 Å². The van der Waals surface area contributed by atoms with Crippen molar-refractivity contribution in [3.63, 3.8) is 0 Å². The molecule has 8 nitrogen and oxygen atoms in total. The van der Waals surface area contributed by atoms with E-state index in [9.17, 15) is 9.59 Å². The minimum Gasteiger partial charge on any atom is -0.497 e. The fourth-order valence-electron chi connectivity index (χ4n) is 3.16. The van der Waals surface area contributed by atoms with Crippen LogP contribution in [0.2, 0.25) is 0 Å². The smallest absolute Gasteiger partial charge is 0.338 e. The molecule has 1 aliphatic heterocycles. The molecule has 1 unspecified atom stereocenters. The Morgan fingerprint density at radius 2 is 1.59 bits per heavy atom. The number of ether oxygens (including phenoxy) is 4. The van der Waals surface area contributed by atoms with E-state index in [-0.39, 0.29) is 5.57 Å². The summed E-state index contributed by atoms with van der Waals surface area (Å²) < 4.78 is 20.8. The van der Waals surface area contributed by atoms with Crippen LogP contribution in [0, 0.1) is 0 Å². The average Bonchev–Trinajstić information content (AvgIpc) is 2.77. The van der Waals surface area contributed by atoms with Crippen molar-refractivity contribution < 1.29 is 28.5 Å². The van der Waals surface area contributed by atoms with Crippen LogP contribution in [0.15, 0.2) is 48.0 Å². The van der Waals surface area contributed by atoms with E-state index in [0.717, 1.165) is 0 Å². The molecular formula is C21H22N2O6. The highest BCUT2D eigenvalue weighted by Crippen LogP contribution is 2.36. The van der Waals surface area contributed by atoms with Gasteiger partial charge < -0.3 is 29.6 Å². The largest absolute Gasteiger partial charge is 0.497 e. The summed E-state index contributed by atoms with van der Waals surface area (Å²) in [5, 5.41) is 5.50. The zero-order chi connectivity index (χ0) is 21.0. The van der Waals surface area contributed by atoms with Crippen LogP contribution in [0.4, 0.5) is 4.79 Å². The van der Waals surface area contributed by atoms with Crippen molar-refractivity contribution in [2.24, 2.45) is 0 Å². The molecule has 8 heteroatoms. The maximum Gasteiger partial charge on any atom is 0.338 e. The molecule has 2 aromatic carbocycles. The van der Waals surface area contributed by atoms with Crippen LogP contribution < -0.4 is 24.8 Å². The number of rotatable bonds is 6. The topological polar surface area (TPSA) is 95.1 Å². The number of esters is 1. The Labute approximate surface area is 168 Å². The Balaban J connectivity index is 2.16. The number of amides is 2. The van der Waals surface area contributed by atoms with Crippen LogP contribution in [0.25, 0.3) is 5.70 Å².